The second-order valence-electron chi connectivity index (χ2n) is 3.93. The third-order valence-electron chi connectivity index (χ3n) is 2.17. The summed E-state index contributed by atoms with van der Waals surface area (Å²) in [7, 11) is -1.15. The lowest BCUT2D eigenvalue weighted by atomic mass is 10.2. The minimum absolute atomic E-state index is 0.199. The monoisotopic (exact) mass is 234 g/mol. The van der Waals surface area contributed by atoms with Crippen LogP contribution in [0.15, 0.2) is 41.6 Å². The van der Waals surface area contributed by atoms with Crippen molar-refractivity contribution in [3.05, 3.63) is 36.7 Å². The van der Waals surface area contributed by atoms with Crippen molar-refractivity contribution < 1.29 is 4.21 Å². The summed E-state index contributed by atoms with van der Waals surface area (Å²) in [6.07, 6.45) is 3.54. The van der Waals surface area contributed by atoms with Crippen LogP contribution < -0.4 is 4.72 Å². The lowest BCUT2D eigenvalue weighted by molar-refractivity contribution is 0.656. The van der Waals surface area contributed by atoms with Gasteiger partial charge in [0, 0.05) is 23.8 Å². The van der Waals surface area contributed by atoms with Crippen LogP contribution in [0.3, 0.4) is 0 Å². The van der Waals surface area contributed by atoms with Gasteiger partial charge in [-0.15, -0.1) is 0 Å². The highest BCUT2D eigenvalue weighted by Crippen LogP contribution is 2.16. The molecule has 1 aromatic carbocycles. The Balaban J connectivity index is 2.35. The second kappa shape index (κ2) is 4.72. The smallest absolute Gasteiger partial charge is 0.125 e. The van der Waals surface area contributed by atoms with E-state index in [2.05, 4.69) is 9.71 Å². The molecule has 1 aromatic heterocycles. The van der Waals surface area contributed by atoms with Crippen molar-refractivity contribution in [3.63, 3.8) is 0 Å². The van der Waals surface area contributed by atoms with Crippen molar-refractivity contribution >= 4 is 21.8 Å². The molecule has 0 bridgehead atoms. The van der Waals surface area contributed by atoms with Gasteiger partial charge in [0.25, 0.3) is 0 Å². The first-order valence-corrected chi connectivity index (χ1v) is 6.33. The van der Waals surface area contributed by atoms with E-state index in [4.69, 9.17) is 0 Å². The molecule has 3 nitrogen and oxygen atoms in total. The fraction of sp³-hybridized carbons (Fsp3) is 0.250. The summed E-state index contributed by atoms with van der Waals surface area (Å²) in [6.45, 7) is 3.95. The lowest BCUT2D eigenvalue weighted by Gasteiger charge is -2.08. The van der Waals surface area contributed by atoms with E-state index >= 15 is 0 Å². The van der Waals surface area contributed by atoms with Crippen LogP contribution in [-0.2, 0) is 11.0 Å². The second-order valence-corrected chi connectivity index (χ2v) is 5.17. The van der Waals surface area contributed by atoms with Crippen LogP contribution in [0.2, 0.25) is 0 Å². The Hall–Kier alpha value is -1.26. The number of fused-ring (bicyclic) bond motifs is 1. The quantitative estimate of drug-likeness (QED) is 0.885. The Morgan fingerprint density at radius 2 is 2.06 bits per heavy atom. The van der Waals surface area contributed by atoms with Gasteiger partial charge >= 0.3 is 0 Å². The first-order valence-electron chi connectivity index (χ1n) is 5.18. The summed E-state index contributed by atoms with van der Waals surface area (Å²) in [5.41, 5.74) is 0. The third kappa shape index (κ3) is 2.46. The summed E-state index contributed by atoms with van der Waals surface area (Å²) in [5, 5.41) is 2.12. The largest absolute Gasteiger partial charge is 0.264 e. The van der Waals surface area contributed by atoms with Gasteiger partial charge in [-0.1, -0.05) is 6.07 Å². The van der Waals surface area contributed by atoms with Gasteiger partial charge in [-0.25, -0.2) is 8.93 Å². The summed E-state index contributed by atoms with van der Waals surface area (Å²) in [5.74, 6) is 0. The van der Waals surface area contributed by atoms with Crippen LogP contribution in [0.4, 0.5) is 0 Å². The zero-order valence-corrected chi connectivity index (χ0v) is 10.1. The van der Waals surface area contributed by atoms with Crippen molar-refractivity contribution in [2.24, 2.45) is 0 Å². The summed E-state index contributed by atoms with van der Waals surface area (Å²) >= 11 is 0. The maximum Gasteiger partial charge on any atom is 0.125 e. The predicted molar refractivity (Wildman–Crippen MR) is 66.4 cm³/mol. The summed E-state index contributed by atoms with van der Waals surface area (Å²) in [4.78, 5) is 4.84. The Bertz CT molecular complexity index is 525. The van der Waals surface area contributed by atoms with Gasteiger partial charge in [-0.3, -0.25) is 4.98 Å². The van der Waals surface area contributed by atoms with Gasteiger partial charge in [-0.2, -0.15) is 0 Å². The van der Waals surface area contributed by atoms with Gasteiger partial charge in [0.1, 0.15) is 11.0 Å². The maximum absolute atomic E-state index is 11.9. The van der Waals surface area contributed by atoms with E-state index in [1.165, 1.54) is 0 Å². The molecule has 0 fully saturated rings. The third-order valence-corrected chi connectivity index (χ3v) is 3.54. The molecule has 2 rings (SSSR count). The molecule has 0 aliphatic carbocycles. The normalized spacial score (nSPS) is 13.2. The average molecular weight is 234 g/mol. The van der Waals surface area contributed by atoms with Gasteiger partial charge in [0.2, 0.25) is 0 Å². The van der Waals surface area contributed by atoms with E-state index < -0.39 is 11.0 Å². The van der Waals surface area contributed by atoms with Crippen LogP contribution in [0.25, 0.3) is 10.8 Å². The molecule has 0 aliphatic heterocycles. The zero-order chi connectivity index (χ0) is 11.5. The Morgan fingerprint density at radius 3 is 2.81 bits per heavy atom. The molecule has 84 valence electrons. The lowest BCUT2D eigenvalue weighted by Crippen LogP contribution is -2.24. The molecule has 0 aliphatic rings. The molecule has 0 saturated heterocycles. The molecule has 2 aromatic rings. The van der Waals surface area contributed by atoms with Crippen LogP contribution in [0.5, 0.6) is 0 Å². The number of pyridine rings is 1. The SMILES string of the molecule is CC(C)NS(=O)c1ccc2ccncc2c1. The van der Waals surface area contributed by atoms with E-state index in [9.17, 15) is 4.21 Å². The minimum Gasteiger partial charge on any atom is -0.264 e. The fourth-order valence-corrected chi connectivity index (χ4v) is 2.45. The molecular weight excluding hydrogens is 220 g/mol. The molecule has 4 heteroatoms. The number of aromatic nitrogens is 1. The Labute approximate surface area is 97.5 Å². The molecule has 1 heterocycles. The number of hydrogen-bond donors (Lipinski definition) is 1. The molecule has 1 unspecified atom stereocenters. The Morgan fingerprint density at radius 1 is 1.25 bits per heavy atom. The predicted octanol–water partition coefficient (Wildman–Crippen LogP) is 2.26. The highest BCUT2D eigenvalue weighted by atomic mass is 32.2. The number of hydrogen-bond acceptors (Lipinski definition) is 2. The fourth-order valence-electron chi connectivity index (χ4n) is 1.46. The van der Waals surface area contributed by atoms with Crippen molar-refractivity contribution in [2.45, 2.75) is 24.8 Å². The van der Waals surface area contributed by atoms with Gasteiger partial charge < -0.3 is 0 Å². The van der Waals surface area contributed by atoms with Gasteiger partial charge in [0.15, 0.2) is 0 Å². The van der Waals surface area contributed by atoms with Crippen molar-refractivity contribution in [1.29, 1.82) is 0 Å². The molecular formula is C12H14N2OS. The van der Waals surface area contributed by atoms with E-state index in [0.717, 1.165) is 15.7 Å². The molecule has 16 heavy (non-hydrogen) atoms. The molecule has 1 atom stereocenters. The topological polar surface area (TPSA) is 42.0 Å². The highest BCUT2D eigenvalue weighted by molar-refractivity contribution is 7.83. The van der Waals surface area contributed by atoms with Crippen molar-refractivity contribution in [3.8, 4) is 0 Å². The first kappa shape index (κ1) is 11.2. The van der Waals surface area contributed by atoms with Gasteiger partial charge in [0.05, 0.1) is 4.90 Å². The summed E-state index contributed by atoms with van der Waals surface area (Å²) in [6, 6.07) is 7.90. The minimum atomic E-state index is -1.15. The average Bonchev–Trinajstić information content (AvgIpc) is 2.27. The first-order chi connectivity index (χ1) is 7.66. The number of nitrogens with one attached hydrogen (secondary N) is 1. The van der Waals surface area contributed by atoms with Gasteiger partial charge in [-0.05, 0) is 37.4 Å². The molecule has 0 radical (unpaired) electrons. The van der Waals surface area contributed by atoms with Crippen LogP contribution in [0, 0.1) is 0 Å². The summed E-state index contributed by atoms with van der Waals surface area (Å²) < 4.78 is 14.9. The molecule has 0 saturated carbocycles. The van der Waals surface area contributed by atoms with Crippen molar-refractivity contribution in [2.75, 3.05) is 0 Å². The standard InChI is InChI=1S/C12H14N2OS/c1-9(2)14-16(15)12-4-3-10-5-6-13-8-11(10)7-12/h3-9,14H,1-2H3. The molecule has 0 amide bonds. The van der Waals surface area contributed by atoms with Crippen LogP contribution in [0.1, 0.15) is 13.8 Å². The van der Waals surface area contributed by atoms with Crippen LogP contribution >= 0.6 is 0 Å². The van der Waals surface area contributed by atoms with E-state index in [1.807, 2.05) is 38.1 Å². The number of benzene rings is 1. The Kier molecular flexibility index (Phi) is 3.31. The number of rotatable bonds is 3. The van der Waals surface area contributed by atoms with E-state index in [1.54, 1.807) is 12.4 Å². The van der Waals surface area contributed by atoms with Crippen molar-refractivity contribution in [1.82, 2.24) is 9.71 Å². The van der Waals surface area contributed by atoms with Crippen LogP contribution in [-0.4, -0.2) is 15.2 Å². The zero-order valence-electron chi connectivity index (χ0n) is 9.31. The highest BCUT2D eigenvalue weighted by Gasteiger charge is 2.05. The van der Waals surface area contributed by atoms with E-state index in [-0.39, 0.29) is 6.04 Å². The van der Waals surface area contributed by atoms with E-state index in [0.29, 0.717) is 0 Å². The molecule has 1 N–H and O–H groups in total. The maximum atomic E-state index is 11.9. The number of nitrogens with zero attached hydrogens (tertiary/aromatic N) is 1. The molecule has 0 spiro atoms.